The maximum Gasteiger partial charge on any atom is 0.269 e. The number of aromatic amines is 1. The highest BCUT2D eigenvalue weighted by Crippen LogP contribution is 2.26. The Bertz CT molecular complexity index is 727. The molecule has 22 heavy (non-hydrogen) atoms. The Morgan fingerprint density at radius 1 is 1.41 bits per heavy atom. The van der Waals surface area contributed by atoms with Gasteiger partial charge < -0.3 is 5.32 Å². The second-order valence-electron chi connectivity index (χ2n) is 5.03. The lowest BCUT2D eigenvalue weighted by Crippen LogP contribution is -2.30. The lowest BCUT2D eigenvalue weighted by Gasteiger charge is -2.15. The summed E-state index contributed by atoms with van der Waals surface area (Å²) in [6, 6.07) is 3.60. The Morgan fingerprint density at radius 3 is 2.86 bits per heavy atom. The van der Waals surface area contributed by atoms with Gasteiger partial charge in [-0.05, 0) is 42.3 Å². The first kappa shape index (κ1) is 14.9. The molecule has 5 nitrogen and oxygen atoms in total. The molecule has 0 aliphatic rings. The molecular weight excluding hydrogens is 316 g/mol. The first-order valence-corrected chi connectivity index (χ1v) is 8.64. The van der Waals surface area contributed by atoms with Crippen LogP contribution in [0.1, 0.15) is 37.7 Å². The Balaban J connectivity index is 1.83. The molecule has 0 unspecified atom stereocenters. The monoisotopic (exact) mass is 332 g/mol. The van der Waals surface area contributed by atoms with Crippen LogP contribution in [0.5, 0.6) is 0 Å². The number of aromatic nitrogens is 3. The van der Waals surface area contributed by atoms with Gasteiger partial charge in [0.1, 0.15) is 10.7 Å². The first-order chi connectivity index (χ1) is 10.6. The molecule has 0 aliphatic carbocycles. The van der Waals surface area contributed by atoms with Gasteiger partial charge in [-0.2, -0.15) is 16.4 Å². The van der Waals surface area contributed by atoms with Gasteiger partial charge >= 0.3 is 0 Å². The molecule has 0 radical (unpaired) electrons. The van der Waals surface area contributed by atoms with Gasteiger partial charge in [0.05, 0.1) is 11.7 Å². The van der Waals surface area contributed by atoms with Crippen molar-refractivity contribution >= 4 is 28.6 Å². The molecule has 0 spiro atoms. The third kappa shape index (κ3) is 3.26. The number of carbonyl (C=O) groups is 1. The molecule has 2 N–H and O–H groups in total. The molecule has 1 amide bonds. The smallest absolute Gasteiger partial charge is 0.269 e. The van der Waals surface area contributed by atoms with Crippen molar-refractivity contribution in [2.45, 2.75) is 26.3 Å². The van der Waals surface area contributed by atoms with Crippen molar-refractivity contribution in [2.75, 3.05) is 0 Å². The van der Waals surface area contributed by atoms with E-state index in [1.165, 1.54) is 10.4 Å². The Labute approximate surface area is 136 Å². The van der Waals surface area contributed by atoms with Crippen molar-refractivity contribution in [3.8, 4) is 0 Å². The van der Waals surface area contributed by atoms with E-state index in [2.05, 4.69) is 38.9 Å². The standard InChI is InChI=1S/C15H16N4OS2/c1-9-10(2)22-15(17-9)13(7-11-4-6-21-8-11)18-14(20)12-3-5-16-19-12/h3-6,8,13H,7H2,1-2H3,(H,16,19)(H,18,20)/t13-/m0/s1. The third-order valence-electron chi connectivity index (χ3n) is 3.41. The van der Waals surface area contributed by atoms with Gasteiger partial charge in [-0.25, -0.2) is 4.98 Å². The first-order valence-electron chi connectivity index (χ1n) is 6.88. The summed E-state index contributed by atoms with van der Waals surface area (Å²) in [6.07, 6.45) is 2.30. The van der Waals surface area contributed by atoms with Gasteiger partial charge in [0.15, 0.2) is 0 Å². The number of nitrogens with one attached hydrogen (secondary N) is 2. The molecule has 0 saturated heterocycles. The zero-order valence-corrected chi connectivity index (χ0v) is 13.9. The van der Waals surface area contributed by atoms with Crippen LogP contribution < -0.4 is 5.32 Å². The lowest BCUT2D eigenvalue weighted by molar-refractivity contribution is 0.0931. The second-order valence-corrected chi connectivity index (χ2v) is 7.04. The largest absolute Gasteiger partial charge is 0.341 e. The zero-order chi connectivity index (χ0) is 15.5. The molecule has 0 fully saturated rings. The van der Waals surface area contributed by atoms with Gasteiger partial charge in [0.2, 0.25) is 0 Å². The molecule has 3 aromatic rings. The minimum Gasteiger partial charge on any atom is -0.341 e. The van der Waals surface area contributed by atoms with Crippen molar-refractivity contribution in [3.05, 3.63) is 55.9 Å². The fourth-order valence-corrected chi connectivity index (χ4v) is 3.77. The Hall–Kier alpha value is -1.99. The van der Waals surface area contributed by atoms with Crippen LogP contribution in [-0.2, 0) is 6.42 Å². The molecule has 0 saturated carbocycles. The molecule has 0 bridgehead atoms. The van der Waals surface area contributed by atoms with Crippen LogP contribution in [0.2, 0.25) is 0 Å². The number of carbonyl (C=O) groups excluding carboxylic acids is 1. The summed E-state index contributed by atoms with van der Waals surface area (Å²) in [7, 11) is 0. The van der Waals surface area contributed by atoms with Gasteiger partial charge in [0.25, 0.3) is 5.91 Å². The summed E-state index contributed by atoms with van der Waals surface area (Å²) >= 11 is 3.29. The maximum absolute atomic E-state index is 12.3. The second kappa shape index (κ2) is 6.41. The van der Waals surface area contributed by atoms with E-state index in [1.807, 2.05) is 12.3 Å². The topological polar surface area (TPSA) is 70.7 Å². The number of aryl methyl sites for hydroxylation is 2. The summed E-state index contributed by atoms with van der Waals surface area (Å²) in [4.78, 5) is 18.1. The third-order valence-corrected chi connectivity index (χ3v) is 5.33. The number of thiophene rings is 1. The quantitative estimate of drug-likeness (QED) is 0.753. The number of thiazole rings is 1. The predicted molar refractivity (Wildman–Crippen MR) is 88.4 cm³/mol. The molecule has 0 aliphatic heterocycles. The van der Waals surface area contributed by atoms with Gasteiger partial charge in [0, 0.05) is 17.5 Å². The van der Waals surface area contributed by atoms with Crippen LogP contribution >= 0.6 is 22.7 Å². The summed E-state index contributed by atoms with van der Waals surface area (Å²) in [5.74, 6) is -0.164. The molecule has 3 aromatic heterocycles. The molecule has 1 atom stereocenters. The van der Waals surface area contributed by atoms with E-state index in [0.717, 1.165) is 17.1 Å². The van der Waals surface area contributed by atoms with Crippen LogP contribution in [0.3, 0.4) is 0 Å². The van der Waals surface area contributed by atoms with Crippen molar-refractivity contribution in [1.82, 2.24) is 20.5 Å². The van der Waals surface area contributed by atoms with Crippen LogP contribution in [0.15, 0.2) is 29.1 Å². The molecule has 3 heterocycles. The van der Waals surface area contributed by atoms with E-state index in [4.69, 9.17) is 0 Å². The number of nitrogens with zero attached hydrogens (tertiary/aromatic N) is 2. The lowest BCUT2D eigenvalue weighted by atomic mass is 10.1. The van der Waals surface area contributed by atoms with Crippen LogP contribution in [-0.4, -0.2) is 21.1 Å². The van der Waals surface area contributed by atoms with E-state index < -0.39 is 0 Å². The van der Waals surface area contributed by atoms with Crippen LogP contribution in [0, 0.1) is 13.8 Å². The predicted octanol–water partition coefficient (Wildman–Crippen LogP) is 3.26. The van der Waals surface area contributed by atoms with Gasteiger partial charge in [-0.15, -0.1) is 11.3 Å². The van der Waals surface area contributed by atoms with Crippen LogP contribution in [0.25, 0.3) is 0 Å². The van der Waals surface area contributed by atoms with Crippen molar-refractivity contribution in [3.63, 3.8) is 0 Å². The van der Waals surface area contributed by atoms with Crippen molar-refractivity contribution in [1.29, 1.82) is 0 Å². The average Bonchev–Trinajstić information content (AvgIpc) is 3.22. The van der Waals surface area contributed by atoms with Crippen molar-refractivity contribution < 1.29 is 4.79 Å². The summed E-state index contributed by atoms with van der Waals surface area (Å²) in [5, 5.41) is 14.7. The number of H-pyrrole nitrogens is 1. The van der Waals surface area contributed by atoms with Gasteiger partial charge in [-0.1, -0.05) is 0 Å². The normalized spacial score (nSPS) is 12.3. The fourth-order valence-electron chi connectivity index (χ4n) is 2.11. The SMILES string of the molecule is Cc1nc([C@H](Cc2ccsc2)NC(=O)c2ccn[nH]2)sc1C. The van der Waals surface area contributed by atoms with E-state index in [1.54, 1.807) is 34.9 Å². The van der Waals surface area contributed by atoms with E-state index in [-0.39, 0.29) is 11.9 Å². The summed E-state index contributed by atoms with van der Waals surface area (Å²) < 4.78 is 0. The van der Waals surface area contributed by atoms with Crippen molar-refractivity contribution in [2.24, 2.45) is 0 Å². The highest BCUT2D eigenvalue weighted by atomic mass is 32.1. The number of amides is 1. The summed E-state index contributed by atoms with van der Waals surface area (Å²) in [5.41, 5.74) is 2.68. The minimum absolute atomic E-state index is 0.136. The van der Waals surface area contributed by atoms with E-state index in [9.17, 15) is 4.79 Å². The minimum atomic E-state index is -0.164. The number of hydrogen-bond acceptors (Lipinski definition) is 5. The van der Waals surface area contributed by atoms with E-state index in [0.29, 0.717) is 5.69 Å². The number of hydrogen-bond donors (Lipinski definition) is 2. The molecule has 3 rings (SSSR count). The Morgan fingerprint density at radius 2 is 2.27 bits per heavy atom. The molecular formula is C15H16N4OS2. The van der Waals surface area contributed by atoms with E-state index >= 15 is 0 Å². The Kier molecular flexibility index (Phi) is 4.35. The van der Waals surface area contributed by atoms with Crippen LogP contribution in [0.4, 0.5) is 0 Å². The molecule has 114 valence electrons. The molecule has 7 heteroatoms. The average molecular weight is 332 g/mol. The van der Waals surface area contributed by atoms with Gasteiger partial charge in [-0.3, -0.25) is 9.89 Å². The highest BCUT2D eigenvalue weighted by Gasteiger charge is 2.21. The number of rotatable bonds is 5. The summed E-state index contributed by atoms with van der Waals surface area (Å²) in [6.45, 7) is 4.04. The molecule has 0 aromatic carbocycles. The highest BCUT2D eigenvalue weighted by molar-refractivity contribution is 7.11. The maximum atomic E-state index is 12.3. The fraction of sp³-hybridized carbons (Fsp3) is 0.267. The zero-order valence-electron chi connectivity index (χ0n) is 12.3.